The number of hydrogen-bond donors (Lipinski definition) is 0. The van der Waals surface area contributed by atoms with Crippen LogP contribution >= 0.6 is 0 Å². The molecule has 0 saturated heterocycles. The second kappa shape index (κ2) is 14.6. The quantitative estimate of drug-likeness (QED) is 0.160. The van der Waals surface area contributed by atoms with Crippen molar-refractivity contribution in [2.45, 2.75) is 19.3 Å². The molecular weight excluding hydrogens is 763 g/mol. The van der Waals surface area contributed by atoms with Crippen molar-refractivity contribution in [1.29, 1.82) is 0 Å². The number of nitrogens with zero attached hydrogens (tertiary/aromatic N) is 1. The molecule has 0 unspecified atom stereocenters. The average molecular weight is 806 g/mol. The SMILES string of the molecule is CC1(C)c2cc(-c3ccccc3)ccc2-c2ccc(N(c3ccc(-c4ccc(-c5cccc6c5oc5ccccc56)cc4)cc3)c3ccc(-c4cccc5ccccc45)cc3)cc21. The van der Waals surface area contributed by atoms with Gasteiger partial charge in [-0.3, -0.25) is 0 Å². The lowest BCUT2D eigenvalue weighted by Gasteiger charge is -2.28. The Balaban J connectivity index is 0.916. The molecule has 1 aromatic heterocycles. The van der Waals surface area contributed by atoms with Crippen molar-refractivity contribution in [2.75, 3.05) is 4.90 Å². The Morgan fingerprint density at radius 2 is 0.825 bits per heavy atom. The van der Waals surface area contributed by atoms with Crippen LogP contribution in [0.1, 0.15) is 25.0 Å². The van der Waals surface area contributed by atoms with Crippen molar-refractivity contribution in [3.63, 3.8) is 0 Å². The van der Waals surface area contributed by atoms with E-state index in [0.717, 1.165) is 50.1 Å². The van der Waals surface area contributed by atoms with Gasteiger partial charge in [0, 0.05) is 38.8 Å². The molecule has 2 heteroatoms. The number of para-hydroxylation sites is 2. The van der Waals surface area contributed by atoms with Gasteiger partial charge in [0.05, 0.1) is 0 Å². The van der Waals surface area contributed by atoms with E-state index in [1.165, 1.54) is 66.4 Å². The summed E-state index contributed by atoms with van der Waals surface area (Å²) < 4.78 is 6.38. The smallest absolute Gasteiger partial charge is 0.143 e. The fourth-order valence-electron chi connectivity index (χ4n) is 10.0. The monoisotopic (exact) mass is 805 g/mol. The molecule has 10 aromatic carbocycles. The molecule has 0 N–H and O–H groups in total. The Labute approximate surface area is 368 Å². The molecule has 0 radical (unpaired) electrons. The van der Waals surface area contributed by atoms with E-state index in [9.17, 15) is 0 Å². The first-order chi connectivity index (χ1) is 31.0. The highest BCUT2D eigenvalue weighted by Crippen LogP contribution is 2.52. The van der Waals surface area contributed by atoms with E-state index in [0.29, 0.717) is 0 Å². The Kier molecular flexibility index (Phi) is 8.55. The third-order valence-corrected chi connectivity index (χ3v) is 13.3. The summed E-state index contributed by atoms with van der Waals surface area (Å²) in [5.41, 5.74) is 19.8. The van der Waals surface area contributed by atoms with Crippen LogP contribution in [0.5, 0.6) is 0 Å². The van der Waals surface area contributed by atoms with Crippen LogP contribution in [0, 0.1) is 0 Å². The number of benzene rings is 10. The van der Waals surface area contributed by atoms with Crippen LogP contribution in [-0.2, 0) is 5.41 Å². The summed E-state index contributed by atoms with van der Waals surface area (Å²) in [6.07, 6.45) is 0. The van der Waals surface area contributed by atoms with Crippen LogP contribution < -0.4 is 4.90 Å². The topological polar surface area (TPSA) is 16.4 Å². The highest BCUT2D eigenvalue weighted by atomic mass is 16.3. The third kappa shape index (κ3) is 6.17. The van der Waals surface area contributed by atoms with Gasteiger partial charge in [-0.2, -0.15) is 0 Å². The standard InChI is InChI=1S/C61H43NO/c1-61(2)57-38-46(40-12-4-3-5-13-40)30-36-53(57)54-37-35-49(39-58(54)61)62(48-33-28-44(29-34-48)51-18-10-15-43-14-6-7-16-50(43)51)47-31-26-42(27-32-47)41-22-24-45(25-23-41)52-19-11-20-56-55-17-8-9-21-59(55)63-60(52)56/h3-39H,1-2H3. The van der Waals surface area contributed by atoms with Gasteiger partial charge in [-0.05, 0) is 121 Å². The molecule has 0 bridgehead atoms. The number of hydrogen-bond acceptors (Lipinski definition) is 2. The fourth-order valence-corrected chi connectivity index (χ4v) is 10.0. The van der Waals surface area contributed by atoms with E-state index in [1.807, 2.05) is 12.1 Å². The number of rotatable bonds is 7. The van der Waals surface area contributed by atoms with Gasteiger partial charge in [0.15, 0.2) is 0 Å². The lowest BCUT2D eigenvalue weighted by molar-refractivity contribution is 0.660. The maximum Gasteiger partial charge on any atom is 0.143 e. The minimum absolute atomic E-state index is 0.179. The van der Waals surface area contributed by atoms with Crippen molar-refractivity contribution in [2.24, 2.45) is 0 Å². The summed E-state index contributed by atoms with van der Waals surface area (Å²) in [5.74, 6) is 0. The maximum absolute atomic E-state index is 6.38. The average Bonchev–Trinajstić information content (AvgIpc) is 3.83. The van der Waals surface area contributed by atoms with Crippen LogP contribution in [0.25, 0.3) is 88.3 Å². The molecule has 63 heavy (non-hydrogen) atoms. The molecule has 0 spiro atoms. The van der Waals surface area contributed by atoms with Gasteiger partial charge in [-0.15, -0.1) is 0 Å². The van der Waals surface area contributed by atoms with Crippen LogP contribution in [-0.4, -0.2) is 0 Å². The molecule has 1 aliphatic carbocycles. The van der Waals surface area contributed by atoms with Crippen molar-refractivity contribution in [1.82, 2.24) is 0 Å². The summed E-state index contributed by atoms with van der Waals surface area (Å²) >= 11 is 0. The zero-order valence-electron chi connectivity index (χ0n) is 35.2. The van der Waals surface area contributed by atoms with E-state index in [2.05, 4.69) is 231 Å². The van der Waals surface area contributed by atoms with Crippen LogP contribution in [0.3, 0.4) is 0 Å². The Morgan fingerprint density at radius 3 is 1.59 bits per heavy atom. The summed E-state index contributed by atoms with van der Waals surface area (Å²) in [6, 6.07) is 81.6. The normalized spacial score (nSPS) is 12.7. The molecular formula is C61H43NO. The third-order valence-electron chi connectivity index (χ3n) is 13.3. The largest absolute Gasteiger partial charge is 0.455 e. The highest BCUT2D eigenvalue weighted by molar-refractivity contribution is 6.09. The van der Waals surface area contributed by atoms with E-state index < -0.39 is 0 Å². The molecule has 0 aliphatic heterocycles. The van der Waals surface area contributed by atoms with E-state index in [4.69, 9.17) is 4.42 Å². The Hall–Kier alpha value is -7.94. The molecule has 0 atom stereocenters. The molecule has 11 aromatic rings. The summed E-state index contributed by atoms with van der Waals surface area (Å²) in [6.45, 7) is 4.74. The van der Waals surface area contributed by atoms with Crippen LogP contribution in [0.2, 0.25) is 0 Å². The predicted octanol–water partition coefficient (Wildman–Crippen LogP) is 17.2. The van der Waals surface area contributed by atoms with Crippen molar-refractivity contribution in [3.8, 4) is 55.6 Å². The minimum atomic E-state index is -0.179. The second-order valence-electron chi connectivity index (χ2n) is 17.3. The number of furan rings is 1. The summed E-state index contributed by atoms with van der Waals surface area (Å²) in [4.78, 5) is 2.41. The van der Waals surface area contributed by atoms with Crippen molar-refractivity contribution in [3.05, 3.63) is 236 Å². The van der Waals surface area contributed by atoms with E-state index in [-0.39, 0.29) is 5.41 Å². The first-order valence-electron chi connectivity index (χ1n) is 21.8. The molecule has 1 heterocycles. The van der Waals surface area contributed by atoms with Crippen LogP contribution in [0.4, 0.5) is 17.1 Å². The first-order valence-corrected chi connectivity index (χ1v) is 21.8. The van der Waals surface area contributed by atoms with Gasteiger partial charge in [0.25, 0.3) is 0 Å². The lowest BCUT2D eigenvalue weighted by atomic mass is 9.81. The first kappa shape index (κ1) is 36.9. The molecule has 0 fully saturated rings. The maximum atomic E-state index is 6.38. The van der Waals surface area contributed by atoms with Gasteiger partial charge >= 0.3 is 0 Å². The number of anilines is 3. The van der Waals surface area contributed by atoms with Gasteiger partial charge in [0.2, 0.25) is 0 Å². The molecule has 2 nitrogen and oxygen atoms in total. The van der Waals surface area contributed by atoms with Gasteiger partial charge in [-0.1, -0.05) is 190 Å². The van der Waals surface area contributed by atoms with Gasteiger partial charge in [0.1, 0.15) is 11.2 Å². The van der Waals surface area contributed by atoms with Crippen molar-refractivity contribution >= 4 is 49.8 Å². The Morgan fingerprint density at radius 1 is 0.333 bits per heavy atom. The fraction of sp³-hybridized carbons (Fsp3) is 0.0492. The summed E-state index contributed by atoms with van der Waals surface area (Å²) in [7, 11) is 0. The van der Waals surface area contributed by atoms with Gasteiger partial charge in [-0.25, -0.2) is 0 Å². The molecule has 298 valence electrons. The van der Waals surface area contributed by atoms with Crippen LogP contribution in [0.15, 0.2) is 229 Å². The second-order valence-corrected chi connectivity index (χ2v) is 17.3. The minimum Gasteiger partial charge on any atom is -0.455 e. The Bertz CT molecular complexity index is 3500. The predicted molar refractivity (Wildman–Crippen MR) is 265 cm³/mol. The molecule has 1 aliphatic rings. The van der Waals surface area contributed by atoms with E-state index >= 15 is 0 Å². The molecule has 0 saturated carbocycles. The summed E-state index contributed by atoms with van der Waals surface area (Å²) in [5, 5.41) is 4.79. The highest BCUT2D eigenvalue weighted by Gasteiger charge is 2.36. The van der Waals surface area contributed by atoms with E-state index in [1.54, 1.807) is 0 Å². The zero-order chi connectivity index (χ0) is 42.1. The molecule has 0 amide bonds. The zero-order valence-corrected chi connectivity index (χ0v) is 35.2. The number of fused-ring (bicyclic) bond motifs is 7. The molecule has 12 rings (SSSR count). The van der Waals surface area contributed by atoms with Gasteiger partial charge < -0.3 is 9.32 Å². The lowest BCUT2D eigenvalue weighted by Crippen LogP contribution is -2.16. The van der Waals surface area contributed by atoms with Crippen molar-refractivity contribution < 1.29 is 4.42 Å².